The van der Waals surface area contributed by atoms with Gasteiger partial charge in [-0.1, -0.05) is 6.42 Å². The Morgan fingerprint density at radius 2 is 2.18 bits per heavy atom. The van der Waals surface area contributed by atoms with Crippen LogP contribution in [-0.4, -0.2) is 18.0 Å². The first kappa shape index (κ1) is 7.01. The van der Waals surface area contributed by atoms with Gasteiger partial charge in [0.05, 0.1) is 6.42 Å². The molecule has 0 N–H and O–H groups in total. The number of aliphatic imine (C=N–C) groups is 1. The molecule has 1 atom stereocenters. The van der Waals surface area contributed by atoms with Crippen molar-refractivity contribution in [1.82, 2.24) is 4.99 Å². The Morgan fingerprint density at radius 1 is 1.27 bits per heavy atom. The molecule has 0 aromatic heterocycles. The fourth-order valence-corrected chi connectivity index (χ4v) is 2.02. The molecule has 59 valence electrons. The summed E-state index contributed by atoms with van der Waals surface area (Å²) in [7, 11) is 0. The lowest BCUT2D eigenvalue weighted by Gasteiger charge is -2.18. The number of fused-ring (bicyclic) bond motifs is 1. The number of carbonyl (C=O) groups is 1. The Bertz CT molecular complexity index is 208. The van der Waals surface area contributed by atoms with E-state index in [1.54, 1.807) is 0 Å². The summed E-state index contributed by atoms with van der Waals surface area (Å²) in [6.45, 7) is 0.755. The van der Waals surface area contributed by atoms with E-state index in [4.69, 9.17) is 0 Å². The minimum atomic E-state index is 0.234. The van der Waals surface area contributed by atoms with Crippen LogP contribution in [0.2, 0.25) is 0 Å². The van der Waals surface area contributed by atoms with Crippen LogP contribution in [0.3, 0.4) is 0 Å². The highest BCUT2D eigenvalue weighted by Crippen LogP contribution is 2.23. The van der Waals surface area contributed by atoms with Crippen molar-refractivity contribution in [2.24, 2.45) is 5.92 Å². The molecule has 0 aromatic rings. The standard InChI is InChI=1S/C9H13NO/c11-9-5-6-10-8-4-2-1-3-7(8)9/h7H,1-6H2/q+1/t7-/m1/s1. The molecule has 0 unspecified atom stereocenters. The predicted molar refractivity (Wildman–Crippen MR) is 43.6 cm³/mol. The summed E-state index contributed by atoms with van der Waals surface area (Å²) in [4.78, 5) is 15.7. The van der Waals surface area contributed by atoms with Gasteiger partial charge in [-0.05, 0) is 12.8 Å². The summed E-state index contributed by atoms with van der Waals surface area (Å²) >= 11 is 0. The topological polar surface area (TPSA) is 31.2 Å². The molecule has 1 heterocycles. The minimum absolute atomic E-state index is 0.234. The first-order chi connectivity index (χ1) is 5.38. The summed E-state index contributed by atoms with van der Waals surface area (Å²) < 4.78 is 0. The van der Waals surface area contributed by atoms with Gasteiger partial charge < -0.3 is 0 Å². The van der Waals surface area contributed by atoms with E-state index in [0.29, 0.717) is 12.2 Å². The van der Waals surface area contributed by atoms with Gasteiger partial charge in [0.2, 0.25) is 12.3 Å². The Labute approximate surface area is 66.7 Å². The Morgan fingerprint density at radius 3 is 3.00 bits per heavy atom. The zero-order valence-electron chi connectivity index (χ0n) is 6.68. The third-order valence-electron chi connectivity index (χ3n) is 2.64. The van der Waals surface area contributed by atoms with Gasteiger partial charge in [0.15, 0.2) is 5.78 Å². The molecule has 1 saturated carbocycles. The van der Waals surface area contributed by atoms with Gasteiger partial charge in [0.1, 0.15) is 5.92 Å². The van der Waals surface area contributed by atoms with E-state index in [9.17, 15) is 4.79 Å². The summed E-state index contributed by atoms with van der Waals surface area (Å²) in [5.74, 6) is 0.673. The monoisotopic (exact) mass is 151 g/mol. The second kappa shape index (κ2) is 2.76. The van der Waals surface area contributed by atoms with E-state index >= 15 is 0 Å². The van der Waals surface area contributed by atoms with Crippen LogP contribution in [-0.2, 0) is 4.79 Å². The maximum Gasteiger partial charge on any atom is 0.233 e. The lowest BCUT2D eigenvalue weighted by molar-refractivity contribution is -0.121. The number of rotatable bonds is 0. The molecule has 1 radical (unpaired) electrons. The van der Waals surface area contributed by atoms with Crippen LogP contribution in [0.5, 0.6) is 0 Å². The molecule has 1 aliphatic carbocycles. The molecule has 2 nitrogen and oxygen atoms in total. The summed E-state index contributed by atoms with van der Waals surface area (Å²) in [6, 6.07) is 0. The van der Waals surface area contributed by atoms with Crippen molar-refractivity contribution in [2.75, 3.05) is 6.54 Å². The zero-order chi connectivity index (χ0) is 7.68. The lowest BCUT2D eigenvalue weighted by Crippen LogP contribution is -2.35. The molecule has 0 bridgehead atoms. The van der Waals surface area contributed by atoms with Crippen molar-refractivity contribution in [3.63, 3.8) is 0 Å². The zero-order valence-corrected chi connectivity index (χ0v) is 6.68. The van der Waals surface area contributed by atoms with Crippen molar-refractivity contribution in [1.29, 1.82) is 0 Å². The molecule has 0 saturated heterocycles. The van der Waals surface area contributed by atoms with Gasteiger partial charge in [0.25, 0.3) is 0 Å². The van der Waals surface area contributed by atoms with Crippen molar-refractivity contribution in [3.8, 4) is 0 Å². The Kier molecular flexibility index (Phi) is 1.76. The Balaban J connectivity index is 2.19. The molecular weight excluding hydrogens is 138 g/mol. The lowest BCUT2D eigenvalue weighted by atomic mass is 9.82. The predicted octanol–water partition coefficient (Wildman–Crippen LogP) is 0.926. The third kappa shape index (κ3) is 1.22. The second-order valence-corrected chi connectivity index (χ2v) is 3.39. The molecule has 2 aliphatic rings. The highest BCUT2D eigenvalue weighted by molar-refractivity contribution is 6.06. The molecule has 0 aromatic carbocycles. The summed E-state index contributed by atoms with van der Waals surface area (Å²) in [5.41, 5.74) is 1.20. The fraction of sp³-hybridized carbons (Fsp3) is 0.778. The van der Waals surface area contributed by atoms with E-state index < -0.39 is 0 Å². The first-order valence-corrected chi connectivity index (χ1v) is 4.44. The van der Waals surface area contributed by atoms with Crippen LogP contribution in [0.1, 0.15) is 32.1 Å². The average molecular weight is 151 g/mol. The normalized spacial score (nSPS) is 31.1. The van der Waals surface area contributed by atoms with Crippen molar-refractivity contribution in [2.45, 2.75) is 32.1 Å². The summed E-state index contributed by atoms with van der Waals surface area (Å²) in [5, 5.41) is 0. The van der Waals surface area contributed by atoms with Crippen molar-refractivity contribution in [3.05, 3.63) is 0 Å². The van der Waals surface area contributed by atoms with Gasteiger partial charge in [-0.2, -0.15) is 0 Å². The molecule has 2 rings (SSSR count). The number of Topliss-reactive ketones (excluding diaryl/α,β-unsaturated/α-hetero) is 1. The highest BCUT2D eigenvalue weighted by atomic mass is 16.1. The van der Waals surface area contributed by atoms with E-state index in [2.05, 4.69) is 4.99 Å². The van der Waals surface area contributed by atoms with Crippen molar-refractivity contribution < 1.29 is 4.79 Å². The Hall–Kier alpha value is -0.660. The van der Waals surface area contributed by atoms with Gasteiger partial charge in [-0.15, -0.1) is 0 Å². The van der Waals surface area contributed by atoms with Gasteiger partial charge in [-0.3, -0.25) is 4.79 Å². The molecular formula is C9H13NO+. The average Bonchev–Trinajstić information content (AvgIpc) is 2.06. The van der Waals surface area contributed by atoms with E-state index in [-0.39, 0.29) is 5.92 Å². The maximum absolute atomic E-state index is 11.3. The smallest absolute Gasteiger partial charge is 0.233 e. The molecule has 0 spiro atoms. The fourth-order valence-electron chi connectivity index (χ4n) is 2.02. The highest BCUT2D eigenvalue weighted by Gasteiger charge is 2.36. The van der Waals surface area contributed by atoms with Crippen LogP contribution in [0.15, 0.2) is 0 Å². The van der Waals surface area contributed by atoms with Gasteiger partial charge in [-0.25, -0.2) is 0 Å². The number of hydrogen-bond donors (Lipinski definition) is 0. The molecule has 11 heavy (non-hydrogen) atoms. The van der Waals surface area contributed by atoms with Gasteiger partial charge in [0, 0.05) is 11.4 Å². The van der Waals surface area contributed by atoms with Crippen LogP contribution in [0.4, 0.5) is 0 Å². The molecule has 0 amide bonds. The number of ketones is 1. The molecule has 1 fully saturated rings. The number of carbonyl (C=O) groups excluding carboxylic acids is 1. The van der Waals surface area contributed by atoms with Gasteiger partial charge >= 0.3 is 0 Å². The second-order valence-electron chi connectivity index (χ2n) is 3.39. The van der Waals surface area contributed by atoms with Crippen LogP contribution < -0.4 is 4.99 Å². The quantitative estimate of drug-likeness (QED) is 0.506. The van der Waals surface area contributed by atoms with E-state index in [1.165, 1.54) is 18.6 Å². The maximum atomic E-state index is 11.3. The number of hydrogen-bond acceptors (Lipinski definition) is 2. The minimum Gasteiger partial charge on any atom is -0.299 e. The molecule has 2 heteroatoms. The van der Waals surface area contributed by atoms with E-state index in [0.717, 1.165) is 19.4 Å². The van der Waals surface area contributed by atoms with Crippen molar-refractivity contribution >= 4 is 11.5 Å². The summed E-state index contributed by atoms with van der Waals surface area (Å²) in [6.07, 6.45) is 5.29. The SMILES string of the molecule is O=C1CC[N+]=C2CCCC[C@@H]12. The van der Waals surface area contributed by atoms with E-state index in [1.807, 2.05) is 0 Å². The van der Waals surface area contributed by atoms with Crippen LogP contribution >= 0.6 is 0 Å². The molecule has 1 aliphatic heterocycles. The van der Waals surface area contributed by atoms with Crippen LogP contribution in [0, 0.1) is 5.92 Å². The number of nitrogens with zero attached hydrogens (tertiary/aromatic N) is 1. The van der Waals surface area contributed by atoms with Crippen LogP contribution in [0.25, 0.3) is 0 Å². The largest absolute Gasteiger partial charge is 0.299 e. The third-order valence-corrected chi connectivity index (χ3v) is 2.64. The first-order valence-electron chi connectivity index (χ1n) is 4.44.